The standard InChI is InChI=1S/C15H21ClN4O.ClH/c16-11-4-1-3-10(7-11)14-13(8-18-19-14)15(21)20-6-2-5-12(17)9-20;/h1,3-4,7,12-14,18-19H,2,5-6,8-9,17H2;1H. The van der Waals surface area contributed by atoms with Gasteiger partial charge in [-0.25, -0.2) is 5.43 Å². The van der Waals surface area contributed by atoms with Crippen molar-refractivity contribution in [2.45, 2.75) is 24.9 Å². The van der Waals surface area contributed by atoms with E-state index in [1.165, 1.54) is 0 Å². The van der Waals surface area contributed by atoms with Crippen molar-refractivity contribution in [1.29, 1.82) is 0 Å². The molecule has 22 heavy (non-hydrogen) atoms. The van der Waals surface area contributed by atoms with Gasteiger partial charge in [0.05, 0.1) is 12.0 Å². The van der Waals surface area contributed by atoms with Crippen LogP contribution < -0.4 is 16.6 Å². The fourth-order valence-electron chi connectivity index (χ4n) is 3.19. The average Bonchev–Trinajstić information content (AvgIpc) is 2.96. The molecule has 2 aliphatic heterocycles. The Morgan fingerprint density at radius 2 is 2.23 bits per heavy atom. The number of carbonyl (C=O) groups excluding carboxylic acids is 1. The van der Waals surface area contributed by atoms with E-state index in [0.717, 1.165) is 24.9 Å². The van der Waals surface area contributed by atoms with E-state index in [2.05, 4.69) is 10.9 Å². The maximum Gasteiger partial charge on any atom is 0.229 e. The van der Waals surface area contributed by atoms with Crippen LogP contribution in [0.2, 0.25) is 5.02 Å². The van der Waals surface area contributed by atoms with Crippen molar-refractivity contribution >= 4 is 29.9 Å². The minimum Gasteiger partial charge on any atom is -0.341 e. The molecule has 0 aromatic heterocycles. The van der Waals surface area contributed by atoms with Crippen LogP contribution in [0.1, 0.15) is 24.4 Å². The molecule has 1 aromatic carbocycles. The molecule has 0 spiro atoms. The lowest BCUT2D eigenvalue weighted by Crippen LogP contribution is -2.48. The number of likely N-dealkylation sites (tertiary alicyclic amines) is 1. The van der Waals surface area contributed by atoms with Crippen molar-refractivity contribution in [3.8, 4) is 0 Å². The number of hydrogen-bond acceptors (Lipinski definition) is 4. The second kappa shape index (κ2) is 7.62. The zero-order valence-electron chi connectivity index (χ0n) is 12.3. The third-order valence-electron chi connectivity index (χ3n) is 4.28. The predicted octanol–water partition coefficient (Wildman–Crippen LogP) is 1.48. The smallest absolute Gasteiger partial charge is 0.229 e. The monoisotopic (exact) mass is 344 g/mol. The Bertz CT molecular complexity index is 528. The zero-order valence-corrected chi connectivity index (χ0v) is 13.9. The van der Waals surface area contributed by atoms with E-state index in [0.29, 0.717) is 18.1 Å². The van der Waals surface area contributed by atoms with E-state index in [-0.39, 0.29) is 36.3 Å². The summed E-state index contributed by atoms with van der Waals surface area (Å²) < 4.78 is 0. The number of nitrogens with one attached hydrogen (secondary N) is 2. The van der Waals surface area contributed by atoms with E-state index < -0.39 is 0 Å². The van der Waals surface area contributed by atoms with Gasteiger partial charge in [0.25, 0.3) is 0 Å². The van der Waals surface area contributed by atoms with Gasteiger partial charge in [-0.15, -0.1) is 12.4 Å². The Hall–Kier alpha value is -0.850. The average molecular weight is 345 g/mol. The highest BCUT2D eigenvalue weighted by molar-refractivity contribution is 6.30. The molecule has 0 bridgehead atoms. The first-order valence-corrected chi connectivity index (χ1v) is 7.81. The fourth-order valence-corrected chi connectivity index (χ4v) is 3.39. The summed E-state index contributed by atoms with van der Waals surface area (Å²) in [5.74, 6) is 0.0568. The zero-order chi connectivity index (χ0) is 14.8. The van der Waals surface area contributed by atoms with Gasteiger partial charge in [-0.2, -0.15) is 0 Å². The summed E-state index contributed by atoms with van der Waals surface area (Å²) in [4.78, 5) is 14.7. The van der Waals surface area contributed by atoms with Crippen LogP contribution in [0, 0.1) is 5.92 Å². The third kappa shape index (κ3) is 3.73. The highest BCUT2D eigenvalue weighted by atomic mass is 35.5. The molecule has 0 saturated carbocycles. The predicted molar refractivity (Wildman–Crippen MR) is 89.9 cm³/mol. The molecule has 4 N–H and O–H groups in total. The molecule has 0 radical (unpaired) electrons. The van der Waals surface area contributed by atoms with Crippen LogP contribution in [0.25, 0.3) is 0 Å². The van der Waals surface area contributed by atoms with Gasteiger partial charge < -0.3 is 10.6 Å². The molecule has 122 valence electrons. The van der Waals surface area contributed by atoms with Crippen molar-refractivity contribution < 1.29 is 4.79 Å². The van der Waals surface area contributed by atoms with Gasteiger partial charge in [0.1, 0.15) is 0 Å². The number of benzene rings is 1. The molecule has 1 amide bonds. The molecule has 7 heteroatoms. The Balaban J connectivity index is 0.00000176. The summed E-state index contributed by atoms with van der Waals surface area (Å²) >= 11 is 6.06. The van der Waals surface area contributed by atoms with Crippen LogP contribution in [0.5, 0.6) is 0 Å². The van der Waals surface area contributed by atoms with Gasteiger partial charge in [-0.1, -0.05) is 23.7 Å². The maximum absolute atomic E-state index is 12.8. The van der Waals surface area contributed by atoms with Gasteiger partial charge in [-0.05, 0) is 30.5 Å². The molecule has 0 aliphatic carbocycles. The van der Waals surface area contributed by atoms with E-state index in [4.69, 9.17) is 17.3 Å². The topological polar surface area (TPSA) is 70.4 Å². The van der Waals surface area contributed by atoms with Crippen molar-refractivity contribution in [2.24, 2.45) is 11.7 Å². The SMILES string of the molecule is Cl.NC1CCCN(C(=O)C2CNNC2c2cccc(Cl)c2)C1. The highest BCUT2D eigenvalue weighted by Gasteiger charge is 2.37. The summed E-state index contributed by atoms with van der Waals surface area (Å²) in [7, 11) is 0. The minimum absolute atomic E-state index is 0. The molecule has 3 rings (SSSR count). The van der Waals surface area contributed by atoms with E-state index in [1.54, 1.807) is 0 Å². The summed E-state index contributed by atoms with van der Waals surface area (Å²) in [5.41, 5.74) is 13.3. The van der Waals surface area contributed by atoms with Gasteiger partial charge in [0.15, 0.2) is 0 Å². The van der Waals surface area contributed by atoms with Crippen LogP contribution in [0.4, 0.5) is 0 Å². The Morgan fingerprint density at radius 3 is 2.95 bits per heavy atom. The molecule has 1 aromatic rings. The van der Waals surface area contributed by atoms with Crippen molar-refractivity contribution in [2.75, 3.05) is 19.6 Å². The molecule has 2 fully saturated rings. The minimum atomic E-state index is -0.117. The number of nitrogens with zero attached hydrogens (tertiary/aromatic N) is 1. The first kappa shape index (κ1) is 17.5. The summed E-state index contributed by atoms with van der Waals surface area (Å²) in [6.07, 6.45) is 1.99. The maximum atomic E-state index is 12.8. The quantitative estimate of drug-likeness (QED) is 0.759. The van der Waals surface area contributed by atoms with E-state index in [1.807, 2.05) is 29.2 Å². The summed E-state index contributed by atoms with van der Waals surface area (Å²) in [6, 6.07) is 7.72. The number of rotatable bonds is 2. The second-order valence-corrected chi connectivity index (χ2v) is 6.29. The number of nitrogens with two attached hydrogens (primary N) is 1. The number of hydrazine groups is 1. The molecular formula is C15H22Cl2N4O. The lowest BCUT2D eigenvalue weighted by Gasteiger charge is -2.33. The number of hydrogen-bond donors (Lipinski definition) is 3. The Morgan fingerprint density at radius 1 is 1.41 bits per heavy atom. The summed E-state index contributed by atoms with van der Waals surface area (Å²) in [6.45, 7) is 2.10. The van der Waals surface area contributed by atoms with Crippen LogP contribution in [-0.4, -0.2) is 36.5 Å². The Labute approximate surface area is 141 Å². The molecule has 3 atom stereocenters. The number of amides is 1. The van der Waals surface area contributed by atoms with Crippen LogP contribution in [0.15, 0.2) is 24.3 Å². The largest absolute Gasteiger partial charge is 0.341 e. The second-order valence-electron chi connectivity index (χ2n) is 5.85. The molecule has 3 unspecified atom stereocenters. The molecule has 2 heterocycles. The van der Waals surface area contributed by atoms with Gasteiger partial charge >= 0.3 is 0 Å². The lowest BCUT2D eigenvalue weighted by molar-refractivity contribution is -0.136. The molecule has 2 saturated heterocycles. The first-order valence-electron chi connectivity index (χ1n) is 7.43. The molecular weight excluding hydrogens is 323 g/mol. The summed E-state index contributed by atoms with van der Waals surface area (Å²) in [5, 5.41) is 0.687. The fraction of sp³-hybridized carbons (Fsp3) is 0.533. The third-order valence-corrected chi connectivity index (χ3v) is 4.51. The number of halogens is 2. The highest BCUT2D eigenvalue weighted by Crippen LogP contribution is 2.28. The molecule has 2 aliphatic rings. The normalized spacial score (nSPS) is 28.3. The van der Waals surface area contributed by atoms with Crippen molar-refractivity contribution in [3.05, 3.63) is 34.9 Å². The van der Waals surface area contributed by atoms with Gasteiger partial charge in [-0.3, -0.25) is 10.2 Å². The van der Waals surface area contributed by atoms with Crippen LogP contribution in [0.3, 0.4) is 0 Å². The first-order chi connectivity index (χ1) is 10.1. The van der Waals surface area contributed by atoms with E-state index >= 15 is 0 Å². The van der Waals surface area contributed by atoms with Crippen molar-refractivity contribution in [3.63, 3.8) is 0 Å². The van der Waals surface area contributed by atoms with Gasteiger partial charge in [0.2, 0.25) is 5.91 Å². The van der Waals surface area contributed by atoms with Crippen molar-refractivity contribution in [1.82, 2.24) is 15.8 Å². The molecule has 5 nitrogen and oxygen atoms in total. The van der Waals surface area contributed by atoms with Crippen LogP contribution >= 0.6 is 24.0 Å². The Kier molecular flexibility index (Phi) is 6.06. The van der Waals surface area contributed by atoms with Gasteiger partial charge in [0, 0.05) is 30.7 Å². The lowest BCUT2D eigenvalue weighted by atomic mass is 9.92. The van der Waals surface area contributed by atoms with Crippen LogP contribution in [-0.2, 0) is 4.79 Å². The number of carbonyl (C=O) groups is 1. The number of piperidine rings is 1. The van der Waals surface area contributed by atoms with E-state index in [9.17, 15) is 4.79 Å².